The monoisotopic (exact) mass is 232 g/mol. The van der Waals surface area contributed by atoms with Gasteiger partial charge in [-0.05, 0) is 25.3 Å². The summed E-state index contributed by atoms with van der Waals surface area (Å²) in [7, 11) is 0. The van der Waals surface area contributed by atoms with E-state index >= 15 is 0 Å². The maximum atomic E-state index is 4.59. The number of nitrogens with zero attached hydrogens (tertiary/aromatic N) is 1. The number of rotatable bonds is 2. The van der Waals surface area contributed by atoms with Gasteiger partial charge in [-0.3, -0.25) is 4.99 Å². The Labute approximate surface area is 101 Å². The van der Waals surface area contributed by atoms with Crippen LogP contribution in [0.15, 0.2) is 35.3 Å². The van der Waals surface area contributed by atoms with E-state index in [0.717, 1.165) is 11.7 Å². The molecule has 3 heteroatoms. The molecule has 0 aromatic heterocycles. The van der Waals surface area contributed by atoms with E-state index in [1.807, 2.05) is 11.8 Å². The van der Waals surface area contributed by atoms with Crippen molar-refractivity contribution in [2.75, 3.05) is 6.54 Å². The van der Waals surface area contributed by atoms with Crippen molar-refractivity contribution >= 4 is 16.9 Å². The predicted molar refractivity (Wildman–Crippen MR) is 69.9 cm³/mol. The Bertz CT molecular complexity index is 409. The largest absolute Gasteiger partial charge is 0.360 e. The Morgan fingerprint density at radius 1 is 1.31 bits per heavy atom. The molecule has 1 aromatic rings. The molecule has 0 radical (unpaired) electrons. The van der Waals surface area contributed by atoms with E-state index in [-0.39, 0.29) is 0 Å². The highest BCUT2D eigenvalue weighted by atomic mass is 32.2. The van der Waals surface area contributed by atoms with Crippen molar-refractivity contribution < 1.29 is 0 Å². The van der Waals surface area contributed by atoms with Gasteiger partial charge in [0.15, 0.2) is 5.17 Å². The van der Waals surface area contributed by atoms with E-state index in [1.165, 1.54) is 18.4 Å². The lowest BCUT2D eigenvalue weighted by Gasteiger charge is -2.13. The lowest BCUT2D eigenvalue weighted by atomic mass is 10.1. The fraction of sp³-hybridized carbons (Fsp3) is 0.462. The van der Waals surface area contributed by atoms with Gasteiger partial charge in [0.1, 0.15) is 0 Å². The zero-order chi connectivity index (χ0) is 11.0. The molecule has 1 saturated carbocycles. The smallest absolute Gasteiger partial charge is 0.157 e. The predicted octanol–water partition coefficient (Wildman–Crippen LogP) is 2.97. The Hall–Kier alpha value is -0.960. The average Bonchev–Trinajstić information content (AvgIpc) is 2.86. The van der Waals surface area contributed by atoms with Crippen LogP contribution in [0.1, 0.15) is 30.6 Å². The molecule has 2 aliphatic rings. The summed E-state index contributed by atoms with van der Waals surface area (Å²) in [5.41, 5.74) is 1.73. The lowest BCUT2D eigenvalue weighted by Crippen LogP contribution is -2.31. The van der Waals surface area contributed by atoms with Crippen LogP contribution in [-0.4, -0.2) is 17.3 Å². The number of thioether (sulfide) groups is 1. The van der Waals surface area contributed by atoms with E-state index in [1.54, 1.807) is 0 Å². The van der Waals surface area contributed by atoms with Gasteiger partial charge in [-0.1, -0.05) is 42.1 Å². The van der Waals surface area contributed by atoms with Crippen LogP contribution in [0.2, 0.25) is 0 Å². The van der Waals surface area contributed by atoms with Crippen molar-refractivity contribution in [2.24, 2.45) is 4.99 Å². The molecular weight excluding hydrogens is 216 g/mol. The molecule has 1 aromatic carbocycles. The van der Waals surface area contributed by atoms with E-state index in [0.29, 0.717) is 10.8 Å². The van der Waals surface area contributed by atoms with Crippen LogP contribution < -0.4 is 5.32 Å². The van der Waals surface area contributed by atoms with Crippen molar-refractivity contribution in [2.45, 2.75) is 30.6 Å². The Morgan fingerprint density at radius 3 is 2.75 bits per heavy atom. The highest BCUT2D eigenvalue weighted by Crippen LogP contribution is 2.39. The summed E-state index contributed by atoms with van der Waals surface area (Å²) in [6, 6.07) is 10.6. The molecule has 0 saturated heterocycles. The molecule has 1 fully saturated rings. The van der Waals surface area contributed by atoms with Gasteiger partial charge >= 0.3 is 0 Å². The third-order valence-electron chi connectivity index (χ3n) is 3.23. The summed E-state index contributed by atoms with van der Waals surface area (Å²) in [6.07, 6.45) is 2.56. The fourth-order valence-corrected chi connectivity index (χ4v) is 3.02. The molecule has 1 aliphatic heterocycles. The maximum Gasteiger partial charge on any atom is 0.157 e. The molecule has 1 N–H and O–H groups in total. The van der Waals surface area contributed by atoms with Crippen molar-refractivity contribution in [3.63, 3.8) is 0 Å². The number of hydrogen-bond acceptors (Lipinski definition) is 3. The van der Waals surface area contributed by atoms with Gasteiger partial charge in [0.2, 0.25) is 0 Å². The molecule has 3 rings (SSSR count). The molecule has 1 aliphatic carbocycles. The molecule has 1 atom stereocenters. The Morgan fingerprint density at radius 2 is 2.06 bits per heavy atom. The van der Waals surface area contributed by atoms with Crippen LogP contribution >= 0.6 is 11.8 Å². The normalized spacial score (nSPS) is 26.3. The number of aliphatic imine (C=N–C) groups is 1. The van der Waals surface area contributed by atoms with E-state index in [4.69, 9.17) is 0 Å². The summed E-state index contributed by atoms with van der Waals surface area (Å²) in [5, 5.41) is 5.18. The first-order valence-corrected chi connectivity index (χ1v) is 6.67. The SMILES string of the molecule is CC1(NC2=NCC(c3ccccc3)S2)CC1. The number of nitrogens with one attached hydrogen (secondary N) is 1. The van der Waals surface area contributed by atoms with Gasteiger partial charge in [-0.25, -0.2) is 0 Å². The van der Waals surface area contributed by atoms with E-state index in [2.05, 4.69) is 47.6 Å². The Balaban J connectivity index is 1.63. The summed E-state index contributed by atoms with van der Waals surface area (Å²) in [4.78, 5) is 4.59. The summed E-state index contributed by atoms with van der Waals surface area (Å²) < 4.78 is 0. The van der Waals surface area contributed by atoms with Crippen LogP contribution in [0.3, 0.4) is 0 Å². The van der Waals surface area contributed by atoms with Gasteiger partial charge in [0.05, 0.1) is 11.8 Å². The molecule has 2 nitrogen and oxygen atoms in total. The number of amidine groups is 1. The van der Waals surface area contributed by atoms with Gasteiger partial charge in [0.25, 0.3) is 0 Å². The standard InChI is InChI=1S/C13H16N2S/c1-13(7-8-13)15-12-14-9-11(16-12)10-5-3-2-4-6-10/h2-6,11H,7-9H2,1H3,(H,14,15). The van der Waals surface area contributed by atoms with Crippen LogP contribution in [0.4, 0.5) is 0 Å². The van der Waals surface area contributed by atoms with Gasteiger partial charge < -0.3 is 5.32 Å². The van der Waals surface area contributed by atoms with Crippen molar-refractivity contribution in [1.29, 1.82) is 0 Å². The molecule has 0 bridgehead atoms. The first kappa shape index (κ1) is 10.2. The first-order chi connectivity index (χ1) is 7.75. The first-order valence-electron chi connectivity index (χ1n) is 5.79. The van der Waals surface area contributed by atoms with Crippen LogP contribution in [-0.2, 0) is 0 Å². The minimum Gasteiger partial charge on any atom is -0.360 e. The minimum atomic E-state index is 0.345. The number of benzene rings is 1. The lowest BCUT2D eigenvalue weighted by molar-refractivity contribution is 0.672. The van der Waals surface area contributed by atoms with Gasteiger partial charge in [-0.2, -0.15) is 0 Å². The van der Waals surface area contributed by atoms with Crippen molar-refractivity contribution in [1.82, 2.24) is 5.32 Å². The zero-order valence-corrected chi connectivity index (χ0v) is 10.3. The molecule has 1 unspecified atom stereocenters. The van der Waals surface area contributed by atoms with E-state index in [9.17, 15) is 0 Å². The second-order valence-electron chi connectivity index (χ2n) is 4.85. The van der Waals surface area contributed by atoms with Crippen molar-refractivity contribution in [3.8, 4) is 0 Å². The second-order valence-corrected chi connectivity index (χ2v) is 6.04. The summed E-state index contributed by atoms with van der Waals surface area (Å²) in [6.45, 7) is 3.18. The molecule has 16 heavy (non-hydrogen) atoms. The minimum absolute atomic E-state index is 0.345. The summed E-state index contributed by atoms with van der Waals surface area (Å²) >= 11 is 1.87. The topological polar surface area (TPSA) is 24.4 Å². The molecule has 1 heterocycles. The molecular formula is C13H16N2S. The van der Waals surface area contributed by atoms with Crippen molar-refractivity contribution in [3.05, 3.63) is 35.9 Å². The fourth-order valence-electron chi connectivity index (χ4n) is 1.86. The zero-order valence-electron chi connectivity index (χ0n) is 9.44. The highest BCUT2D eigenvalue weighted by molar-refractivity contribution is 8.14. The average molecular weight is 232 g/mol. The van der Waals surface area contributed by atoms with Crippen LogP contribution in [0.25, 0.3) is 0 Å². The molecule has 0 spiro atoms. The van der Waals surface area contributed by atoms with Gasteiger partial charge in [-0.15, -0.1) is 0 Å². The van der Waals surface area contributed by atoms with Crippen LogP contribution in [0.5, 0.6) is 0 Å². The van der Waals surface area contributed by atoms with Crippen LogP contribution in [0, 0.1) is 0 Å². The maximum absolute atomic E-state index is 4.59. The van der Waals surface area contributed by atoms with Gasteiger partial charge in [0, 0.05) is 5.54 Å². The Kier molecular flexibility index (Phi) is 2.43. The van der Waals surface area contributed by atoms with E-state index < -0.39 is 0 Å². The third kappa shape index (κ3) is 2.09. The quantitative estimate of drug-likeness (QED) is 0.847. The molecule has 84 valence electrons. The summed E-state index contributed by atoms with van der Waals surface area (Å²) in [5.74, 6) is 0. The second kappa shape index (κ2) is 3.81. The highest BCUT2D eigenvalue weighted by Gasteiger charge is 2.39. The number of hydrogen-bond donors (Lipinski definition) is 1. The third-order valence-corrected chi connectivity index (χ3v) is 4.39. The molecule has 0 amide bonds.